The van der Waals surface area contributed by atoms with Gasteiger partial charge in [-0.2, -0.15) is 0 Å². The Labute approximate surface area is 118 Å². The number of para-hydroxylation sites is 1. The summed E-state index contributed by atoms with van der Waals surface area (Å²) in [5.41, 5.74) is 3.08. The van der Waals surface area contributed by atoms with E-state index >= 15 is 0 Å². The molecule has 1 aliphatic rings. The summed E-state index contributed by atoms with van der Waals surface area (Å²) in [6, 6.07) is 9.10. The second-order valence-electron chi connectivity index (χ2n) is 4.75. The molecule has 0 bridgehead atoms. The summed E-state index contributed by atoms with van der Waals surface area (Å²) in [6.07, 6.45) is 1.58. The fourth-order valence-electron chi connectivity index (χ4n) is 2.28. The molecular weight excluding hydrogens is 258 g/mol. The van der Waals surface area contributed by atoms with Gasteiger partial charge < -0.3 is 10.2 Å². The van der Waals surface area contributed by atoms with Crippen molar-refractivity contribution in [3.05, 3.63) is 30.3 Å². The standard InChI is InChI=1S/C14H19N3O3/c1-20-16-13(18)11-6-5-9-17(10-11)14(19)15-12-7-3-2-4-8-12/h2-4,7-8,11H,5-6,9-10H2,1H3,(H,15,19)(H,16,18). The first-order valence-corrected chi connectivity index (χ1v) is 6.64. The van der Waals surface area contributed by atoms with Crippen LogP contribution in [0.4, 0.5) is 10.5 Å². The van der Waals surface area contributed by atoms with E-state index in [4.69, 9.17) is 0 Å². The molecule has 0 saturated carbocycles. The molecule has 3 amide bonds. The first-order valence-electron chi connectivity index (χ1n) is 6.64. The van der Waals surface area contributed by atoms with Crippen LogP contribution >= 0.6 is 0 Å². The average Bonchev–Trinajstić information content (AvgIpc) is 2.48. The summed E-state index contributed by atoms with van der Waals surface area (Å²) < 4.78 is 0. The van der Waals surface area contributed by atoms with Crippen molar-refractivity contribution in [2.24, 2.45) is 5.92 Å². The Kier molecular flexibility index (Phi) is 4.95. The highest BCUT2D eigenvalue weighted by molar-refractivity contribution is 5.90. The molecule has 108 valence electrons. The molecule has 1 heterocycles. The summed E-state index contributed by atoms with van der Waals surface area (Å²) in [4.78, 5) is 30.2. The Morgan fingerprint density at radius 2 is 2.05 bits per heavy atom. The van der Waals surface area contributed by atoms with Crippen LogP contribution in [0.15, 0.2) is 30.3 Å². The van der Waals surface area contributed by atoms with Crippen LogP contribution in [-0.2, 0) is 9.63 Å². The maximum atomic E-state index is 12.1. The van der Waals surface area contributed by atoms with Gasteiger partial charge >= 0.3 is 6.03 Å². The van der Waals surface area contributed by atoms with Gasteiger partial charge in [0.05, 0.1) is 13.0 Å². The van der Waals surface area contributed by atoms with Crippen LogP contribution < -0.4 is 10.8 Å². The van der Waals surface area contributed by atoms with Gasteiger partial charge in [-0.25, -0.2) is 10.3 Å². The lowest BCUT2D eigenvalue weighted by Crippen LogP contribution is -2.46. The van der Waals surface area contributed by atoms with Gasteiger partial charge in [-0.05, 0) is 25.0 Å². The van der Waals surface area contributed by atoms with Crippen molar-refractivity contribution in [2.45, 2.75) is 12.8 Å². The number of carbonyl (C=O) groups excluding carboxylic acids is 2. The van der Waals surface area contributed by atoms with Gasteiger partial charge in [-0.15, -0.1) is 0 Å². The molecule has 1 aromatic carbocycles. The molecule has 0 radical (unpaired) electrons. The monoisotopic (exact) mass is 277 g/mol. The van der Waals surface area contributed by atoms with Crippen molar-refractivity contribution in [1.82, 2.24) is 10.4 Å². The van der Waals surface area contributed by atoms with Gasteiger partial charge in [0.25, 0.3) is 0 Å². The van der Waals surface area contributed by atoms with Crippen LogP contribution in [0.2, 0.25) is 0 Å². The minimum absolute atomic E-state index is 0.175. The lowest BCUT2D eigenvalue weighted by molar-refractivity contribution is -0.136. The maximum absolute atomic E-state index is 12.1. The van der Waals surface area contributed by atoms with E-state index < -0.39 is 0 Å². The summed E-state index contributed by atoms with van der Waals surface area (Å²) in [6.45, 7) is 1.07. The molecule has 2 rings (SSSR count). The molecule has 20 heavy (non-hydrogen) atoms. The molecule has 1 fully saturated rings. The molecule has 0 aromatic heterocycles. The number of rotatable bonds is 3. The Hall–Kier alpha value is -2.08. The minimum Gasteiger partial charge on any atom is -0.324 e. The van der Waals surface area contributed by atoms with Crippen molar-refractivity contribution in [2.75, 3.05) is 25.5 Å². The number of hydrogen-bond donors (Lipinski definition) is 2. The fraction of sp³-hybridized carbons (Fsp3) is 0.429. The number of likely N-dealkylation sites (tertiary alicyclic amines) is 1. The first kappa shape index (κ1) is 14.3. The van der Waals surface area contributed by atoms with Crippen molar-refractivity contribution in [3.8, 4) is 0 Å². The Bertz CT molecular complexity index is 464. The highest BCUT2D eigenvalue weighted by Crippen LogP contribution is 2.18. The molecule has 1 aromatic rings. The van der Waals surface area contributed by atoms with Gasteiger partial charge in [-0.3, -0.25) is 9.63 Å². The molecule has 2 N–H and O–H groups in total. The quantitative estimate of drug-likeness (QED) is 0.825. The van der Waals surface area contributed by atoms with Gasteiger partial charge in [-0.1, -0.05) is 18.2 Å². The van der Waals surface area contributed by atoms with Crippen LogP contribution in [-0.4, -0.2) is 37.0 Å². The summed E-state index contributed by atoms with van der Waals surface area (Å²) in [7, 11) is 1.40. The van der Waals surface area contributed by atoms with Crippen molar-refractivity contribution >= 4 is 17.6 Å². The average molecular weight is 277 g/mol. The Balaban J connectivity index is 1.91. The molecule has 0 spiro atoms. The van der Waals surface area contributed by atoms with E-state index in [1.165, 1.54) is 7.11 Å². The molecule has 6 heteroatoms. The fourth-order valence-corrected chi connectivity index (χ4v) is 2.28. The normalized spacial score (nSPS) is 18.4. The number of piperidine rings is 1. The highest BCUT2D eigenvalue weighted by Gasteiger charge is 2.28. The second kappa shape index (κ2) is 6.91. The molecule has 1 atom stereocenters. The number of hydrogen-bond acceptors (Lipinski definition) is 3. The zero-order chi connectivity index (χ0) is 14.4. The van der Waals surface area contributed by atoms with Crippen LogP contribution in [0.3, 0.4) is 0 Å². The van der Waals surface area contributed by atoms with E-state index in [1.807, 2.05) is 30.3 Å². The third-order valence-corrected chi connectivity index (χ3v) is 3.31. The number of nitrogens with zero attached hydrogens (tertiary/aromatic N) is 1. The lowest BCUT2D eigenvalue weighted by atomic mass is 9.98. The number of benzene rings is 1. The van der Waals surface area contributed by atoms with E-state index in [2.05, 4.69) is 15.6 Å². The van der Waals surface area contributed by atoms with Gasteiger partial charge in [0, 0.05) is 18.8 Å². The lowest BCUT2D eigenvalue weighted by Gasteiger charge is -2.31. The summed E-state index contributed by atoms with van der Waals surface area (Å²) in [5.74, 6) is -0.394. The number of anilines is 1. The topological polar surface area (TPSA) is 70.7 Å². The first-order chi connectivity index (χ1) is 9.70. The molecule has 0 aliphatic carbocycles. The van der Waals surface area contributed by atoms with Crippen LogP contribution in [0.5, 0.6) is 0 Å². The van der Waals surface area contributed by atoms with E-state index in [0.717, 1.165) is 18.5 Å². The van der Waals surface area contributed by atoms with E-state index in [9.17, 15) is 9.59 Å². The number of carbonyl (C=O) groups is 2. The molecular formula is C14H19N3O3. The SMILES string of the molecule is CONC(=O)C1CCCN(C(=O)Nc2ccccc2)C1. The molecule has 1 saturated heterocycles. The van der Waals surface area contributed by atoms with Crippen LogP contribution in [0, 0.1) is 5.92 Å². The highest BCUT2D eigenvalue weighted by atomic mass is 16.6. The zero-order valence-electron chi connectivity index (χ0n) is 11.5. The van der Waals surface area contributed by atoms with Gasteiger partial charge in [0.15, 0.2) is 0 Å². The van der Waals surface area contributed by atoms with E-state index in [0.29, 0.717) is 13.1 Å². The van der Waals surface area contributed by atoms with Crippen LogP contribution in [0.1, 0.15) is 12.8 Å². The largest absolute Gasteiger partial charge is 0.324 e. The van der Waals surface area contributed by atoms with Gasteiger partial charge in [0.1, 0.15) is 0 Å². The van der Waals surface area contributed by atoms with Crippen molar-refractivity contribution in [1.29, 1.82) is 0 Å². The van der Waals surface area contributed by atoms with Gasteiger partial charge in [0.2, 0.25) is 5.91 Å². The van der Waals surface area contributed by atoms with Crippen LogP contribution in [0.25, 0.3) is 0 Å². The Morgan fingerprint density at radius 3 is 2.75 bits per heavy atom. The maximum Gasteiger partial charge on any atom is 0.321 e. The van der Waals surface area contributed by atoms with Crippen molar-refractivity contribution in [3.63, 3.8) is 0 Å². The van der Waals surface area contributed by atoms with E-state index in [-0.39, 0.29) is 17.9 Å². The Morgan fingerprint density at radius 1 is 1.30 bits per heavy atom. The third-order valence-electron chi connectivity index (χ3n) is 3.31. The summed E-state index contributed by atoms with van der Waals surface area (Å²) >= 11 is 0. The molecule has 1 unspecified atom stereocenters. The molecule has 6 nitrogen and oxygen atoms in total. The minimum atomic E-state index is -0.217. The predicted octanol–water partition coefficient (Wildman–Crippen LogP) is 1.61. The molecule has 1 aliphatic heterocycles. The predicted molar refractivity (Wildman–Crippen MR) is 74.9 cm³/mol. The third kappa shape index (κ3) is 3.71. The number of amides is 3. The van der Waals surface area contributed by atoms with Crippen molar-refractivity contribution < 1.29 is 14.4 Å². The summed E-state index contributed by atoms with van der Waals surface area (Å²) in [5, 5.41) is 2.83. The number of urea groups is 1. The second-order valence-corrected chi connectivity index (χ2v) is 4.75. The number of hydroxylamine groups is 1. The smallest absolute Gasteiger partial charge is 0.321 e. The number of nitrogens with one attached hydrogen (secondary N) is 2. The zero-order valence-corrected chi connectivity index (χ0v) is 11.5. The van der Waals surface area contributed by atoms with E-state index in [1.54, 1.807) is 4.90 Å².